The molecular weight excluding hydrogens is 464 g/mol. The van der Waals surface area contributed by atoms with E-state index in [-0.39, 0.29) is 12.1 Å². The van der Waals surface area contributed by atoms with E-state index in [2.05, 4.69) is 39.9 Å². The van der Waals surface area contributed by atoms with Crippen molar-refractivity contribution in [3.63, 3.8) is 0 Å². The summed E-state index contributed by atoms with van der Waals surface area (Å²) >= 11 is 0. The van der Waals surface area contributed by atoms with Crippen LogP contribution in [0.15, 0.2) is 40.9 Å². The fourth-order valence-electron chi connectivity index (χ4n) is 5.95. The smallest absolute Gasteiger partial charge is 0.160 e. The second-order valence-corrected chi connectivity index (χ2v) is 10.0. The highest BCUT2D eigenvalue weighted by Gasteiger charge is 2.38. The summed E-state index contributed by atoms with van der Waals surface area (Å²) < 4.78 is 35.5. The molecule has 2 fully saturated rings. The minimum Gasteiger partial charge on any atom is -0.374 e. The number of aliphatic hydroxyl groups excluding tert-OH is 1. The summed E-state index contributed by atoms with van der Waals surface area (Å²) in [7, 11) is 2.11. The largest absolute Gasteiger partial charge is 0.374 e. The first kappa shape index (κ1) is 23.1. The molecule has 188 valence electrons. The zero-order valence-electron chi connectivity index (χ0n) is 20.6. The Morgan fingerprint density at radius 2 is 1.86 bits per heavy atom. The van der Waals surface area contributed by atoms with E-state index in [4.69, 9.17) is 9.51 Å². The standard InChI is InChI=1S/C27H29F2N5O2/c1-15-26(16(2)36-31-15)17-4-7-23-22(12-17)30-27(34(23)19-10-11-32(3)14-19)24-8-9-25(35)33(24)18-5-6-20(28)21(29)13-18/h4-7,12-13,19,24-25,35H,8-11,14H2,1-3H3/t19?,24-,25?/m0/s1. The molecule has 2 aromatic heterocycles. The second-order valence-electron chi connectivity index (χ2n) is 10.0. The molecule has 3 atom stereocenters. The highest BCUT2D eigenvalue weighted by Crippen LogP contribution is 2.42. The van der Waals surface area contributed by atoms with Crippen molar-refractivity contribution in [3.05, 3.63) is 65.3 Å². The number of aliphatic hydroxyl groups is 1. The van der Waals surface area contributed by atoms with Crippen LogP contribution in [0, 0.1) is 25.5 Å². The van der Waals surface area contributed by atoms with Gasteiger partial charge in [0.2, 0.25) is 0 Å². The molecule has 2 aliphatic rings. The van der Waals surface area contributed by atoms with Crippen LogP contribution in [-0.4, -0.2) is 51.1 Å². The van der Waals surface area contributed by atoms with Crippen molar-refractivity contribution in [2.75, 3.05) is 25.0 Å². The van der Waals surface area contributed by atoms with Crippen molar-refractivity contribution in [2.45, 2.75) is 51.4 Å². The van der Waals surface area contributed by atoms with Gasteiger partial charge in [-0.05, 0) is 76.5 Å². The number of nitrogens with zero attached hydrogens (tertiary/aromatic N) is 5. The molecule has 4 aromatic rings. The molecule has 2 unspecified atom stereocenters. The highest BCUT2D eigenvalue weighted by atomic mass is 19.2. The fourth-order valence-corrected chi connectivity index (χ4v) is 5.95. The number of likely N-dealkylation sites (tertiary alicyclic amines) is 1. The van der Waals surface area contributed by atoms with Gasteiger partial charge in [-0.3, -0.25) is 0 Å². The van der Waals surface area contributed by atoms with Crippen LogP contribution < -0.4 is 4.90 Å². The molecule has 0 aliphatic carbocycles. The molecule has 0 bridgehead atoms. The maximum Gasteiger partial charge on any atom is 0.160 e. The van der Waals surface area contributed by atoms with Gasteiger partial charge in [0.1, 0.15) is 17.8 Å². The molecule has 0 saturated carbocycles. The second kappa shape index (κ2) is 8.67. The summed E-state index contributed by atoms with van der Waals surface area (Å²) in [6, 6.07) is 9.97. The number of hydrogen-bond acceptors (Lipinski definition) is 6. The fraction of sp³-hybridized carbons (Fsp3) is 0.407. The Labute approximate surface area is 207 Å². The van der Waals surface area contributed by atoms with Crippen molar-refractivity contribution in [1.29, 1.82) is 0 Å². The van der Waals surface area contributed by atoms with E-state index in [1.165, 1.54) is 6.07 Å². The summed E-state index contributed by atoms with van der Waals surface area (Å²) in [5.74, 6) is -0.243. The van der Waals surface area contributed by atoms with Crippen LogP contribution in [0.1, 0.15) is 48.6 Å². The van der Waals surface area contributed by atoms with E-state index in [9.17, 15) is 13.9 Å². The maximum atomic E-state index is 14.1. The van der Waals surface area contributed by atoms with Gasteiger partial charge in [0.25, 0.3) is 0 Å². The molecule has 9 heteroatoms. The van der Waals surface area contributed by atoms with Gasteiger partial charge in [-0.2, -0.15) is 0 Å². The number of benzene rings is 2. The van der Waals surface area contributed by atoms with Crippen molar-refractivity contribution in [2.24, 2.45) is 0 Å². The number of aryl methyl sites for hydroxylation is 2. The quantitative estimate of drug-likeness (QED) is 0.425. The summed E-state index contributed by atoms with van der Waals surface area (Å²) in [5, 5.41) is 15.0. The first-order valence-electron chi connectivity index (χ1n) is 12.4. The van der Waals surface area contributed by atoms with Crippen LogP contribution in [0.4, 0.5) is 14.5 Å². The third-order valence-electron chi connectivity index (χ3n) is 7.62. The Morgan fingerprint density at radius 1 is 1.03 bits per heavy atom. The lowest BCUT2D eigenvalue weighted by molar-refractivity contribution is 0.182. The third kappa shape index (κ3) is 3.69. The number of rotatable bonds is 4. The molecule has 2 aliphatic heterocycles. The SMILES string of the molecule is Cc1noc(C)c1-c1ccc2c(c1)nc([C@@H]1CCC(O)N1c1ccc(F)c(F)c1)n2C1CCN(C)C1. The van der Waals surface area contributed by atoms with Gasteiger partial charge in [-0.15, -0.1) is 0 Å². The summed E-state index contributed by atoms with van der Waals surface area (Å²) in [4.78, 5) is 9.19. The van der Waals surface area contributed by atoms with Crippen LogP contribution in [0.2, 0.25) is 0 Å². The summed E-state index contributed by atoms with van der Waals surface area (Å²) in [5.41, 5.74) is 5.10. The number of imidazole rings is 1. The molecule has 0 radical (unpaired) electrons. The van der Waals surface area contributed by atoms with E-state index < -0.39 is 17.9 Å². The average molecular weight is 494 g/mol. The zero-order chi connectivity index (χ0) is 25.1. The van der Waals surface area contributed by atoms with Gasteiger partial charge >= 0.3 is 0 Å². The number of fused-ring (bicyclic) bond motifs is 1. The molecule has 0 spiro atoms. The van der Waals surface area contributed by atoms with E-state index in [1.54, 1.807) is 4.90 Å². The first-order valence-corrected chi connectivity index (χ1v) is 12.4. The molecule has 2 saturated heterocycles. The van der Waals surface area contributed by atoms with Gasteiger partial charge in [0.15, 0.2) is 11.6 Å². The number of anilines is 1. The minimum atomic E-state index is -0.930. The molecule has 2 aromatic carbocycles. The van der Waals surface area contributed by atoms with E-state index in [0.717, 1.165) is 71.1 Å². The lowest BCUT2D eigenvalue weighted by Gasteiger charge is -2.31. The number of hydrogen-bond donors (Lipinski definition) is 1. The minimum absolute atomic E-state index is 0.226. The predicted octanol–water partition coefficient (Wildman–Crippen LogP) is 5.12. The van der Waals surface area contributed by atoms with Crippen molar-refractivity contribution in [1.82, 2.24) is 19.6 Å². The molecule has 36 heavy (non-hydrogen) atoms. The van der Waals surface area contributed by atoms with Crippen molar-refractivity contribution >= 4 is 16.7 Å². The Bertz CT molecular complexity index is 1430. The zero-order valence-corrected chi connectivity index (χ0v) is 20.6. The van der Waals surface area contributed by atoms with Gasteiger partial charge in [0, 0.05) is 29.9 Å². The maximum absolute atomic E-state index is 14.1. The lowest BCUT2D eigenvalue weighted by atomic mass is 10.0. The molecule has 7 nitrogen and oxygen atoms in total. The summed E-state index contributed by atoms with van der Waals surface area (Å²) in [6.45, 7) is 5.71. The van der Waals surface area contributed by atoms with Crippen molar-refractivity contribution < 1.29 is 18.4 Å². The number of likely N-dealkylation sites (N-methyl/N-ethyl adjacent to an activating group) is 1. The van der Waals surface area contributed by atoms with Gasteiger partial charge in [-0.1, -0.05) is 11.2 Å². The number of halogens is 2. The summed E-state index contributed by atoms with van der Waals surface area (Å²) in [6.07, 6.45) is 1.35. The Hall–Kier alpha value is -3.30. The Balaban J connectivity index is 1.50. The molecule has 4 heterocycles. The van der Waals surface area contributed by atoms with Crippen LogP contribution in [0.5, 0.6) is 0 Å². The molecule has 1 N–H and O–H groups in total. The van der Waals surface area contributed by atoms with E-state index >= 15 is 0 Å². The monoisotopic (exact) mass is 493 g/mol. The van der Waals surface area contributed by atoms with E-state index in [1.807, 2.05) is 13.8 Å². The van der Waals surface area contributed by atoms with Crippen LogP contribution in [0.25, 0.3) is 22.2 Å². The third-order valence-corrected chi connectivity index (χ3v) is 7.62. The molecular formula is C27H29F2N5O2. The van der Waals surface area contributed by atoms with Gasteiger partial charge < -0.3 is 24.0 Å². The first-order chi connectivity index (χ1) is 17.3. The van der Waals surface area contributed by atoms with E-state index in [0.29, 0.717) is 18.5 Å². The molecule has 0 amide bonds. The predicted molar refractivity (Wildman–Crippen MR) is 133 cm³/mol. The number of aromatic nitrogens is 3. The normalized spacial score (nSPS) is 22.8. The topological polar surface area (TPSA) is 70.6 Å². The lowest BCUT2D eigenvalue weighted by Crippen LogP contribution is -2.33. The Morgan fingerprint density at radius 3 is 2.56 bits per heavy atom. The van der Waals surface area contributed by atoms with Gasteiger partial charge in [-0.25, -0.2) is 13.8 Å². The highest BCUT2D eigenvalue weighted by molar-refractivity contribution is 5.84. The average Bonchev–Trinajstić information content (AvgIpc) is 3.61. The molecule has 6 rings (SSSR count). The van der Waals surface area contributed by atoms with Crippen LogP contribution >= 0.6 is 0 Å². The van der Waals surface area contributed by atoms with Crippen LogP contribution in [-0.2, 0) is 0 Å². The van der Waals surface area contributed by atoms with Crippen LogP contribution in [0.3, 0.4) is 0 Å². The Kier molecular flexibility index (Phi) is 5.57. The van der Waals surface area contributed by atoms with Gasteiger partial charge in [0.05, 0.1) is 22.8 Å². The van der Waals surface area contributed by atoms with Crippen molar-refractivity contribution in [3.8, 4) is 11.1 Å².